The van der Waals surface area contributed by atoms with E-state index in [-0.39, 0.29) is 0 Å². The highest BCUT2D eigenvalue weighted by Crippen LogP contribution is 2.12. The molecule has 1 aromatic heterocycles. The summed E-state index contributed by atoms with van der Waals surface area (Å²) in [5, 5.41) is 17.5. The average molecular weight is 242 g/mol. The lowest BCUT2D eigenvalue weighted by Crippen LogP contribution is -2.44. The van der Waals surface area contributed by atoms with Crippen LogP contribution >= 0.6 is 11.3 Å². The van der Waals surface area contributed by atoms with Crippen molar-refractivity contribution >= 4 is 23.3 Å². The Bertz CT molecular complexity index is 389. The molecule has 16 heavy (non-hydrogen) atoms. The molecule has 1 aromatic rings. The number of aryl methyl sites for hydroxylation is 1. The number of thiophene rings is 1. The number of rotatable bonds is 4. The van der Waals surface area contributed by atoms with E-state index >= 15 is 0 Å². The van der Waals surface area contributed by atoms with Crippen LogP contribution in [-0.2, 0) is 11.3 Å². The zero-order valence-corrected chi connectivity index (χ0v) is 9.93. The van der Waals surface area contributed by atoms with Crippen molar-refractivity contribution in [2.24, 2.45) is 0 Å². The van der Waals surface area contributed by atoms with Gasteiger partial charge >= 0.3 is 12.0 Å². The molecule has 1 rings (SSSR count). The van der Waals surface area contributed by atoms with E-state index in [1.807, 2.05) is 17.7 Å². The van der Waals surface area contributed by atoms with Crippen LogP contribution in [0, 0.1) is 6.92 Å². The zero-order chi connectivity index (χ0) is 12.1. The quantitative estimate of drug-likeness (QED) is 0.745. The minimum atomic E-state index is -1.05. The molecule has 0 spiro atoms. The molecular formula is C10H14N2O3S. The number of urea groups is 1. The standard InChI is InChI=1S/C10H14N2O3S/c1-6-4-16-5-8(6)3-11-10(15)12-7(2)9(13)14/h4-5,7H,3H2,1-2H3,(H,13,14)(H2,11,12,15)/t7-/m1/s1. The second-order valence-electron chi connectivity index (χ2n) is 3.47. The first-order valence-electron chi connectivity index (χ1n) is 4.79. The Kier molecular flexibility index (Phi) is 4.30. The molecule has 6 heteroatoms. The van der Waals surface area contributed by atoms with Crippen LogP contribution in [-0.4, -0.2) is 23.1 Å². The largest absolute Gasteiger partial charge is 0.480 e. The Morgan fingerprint density at radius 1 is 1.50 bits per heavy atom. The predicted octanol–water partition coefficient (Wildman–Crippen LogP) is 1.33. The van der Waals surface area contributed by atoms with Gasteiger partial charge in [-0.1, -0.05) is 0 Å². The third-order valence-corrected chi connectivity index (χ3v) is 3.03. The smallest absolute Gasteiger partial charge is 0.325 e. The highest BCUT2D eigenvalue weighted by molar-refractivity contribution is 7.08. The Balaban J connectivity index is 2.36. The van der Waals surface area contributed by atoms with Gasteiger partial charge in [0.2, 0.25) is 0 Å². The molecule has 0 aliphatic rings. The van der Waals surface area contributed by atoms with Crippen molar-refractivity contribution in [1.82, 2.24) is 10.6 Å². The van der Waals surface area contributed by atoms with Crippen molar-refractivity contribution in [1.29, 1.82) is 0 Å². The third kappa shape index (κ3) is 3.54. The fourth-order valence-electron chi connectivity index (χ4n) is 1.05. The van der Waals surface area contributed by atoms with Crippen LogP contribution in [0.4, 0.5) is 4.79 Å². The topological polar surface area (TPSA) is 78.4 Å². The van der Waals surface area contributed by atoms with Gasteiger partial charge in [-0.2, -0.15) is 11.3 Å². The maximum absolute atomic E-state index is 11.3. The van der Waals surface area contributed by atoms with Crippen LogP contribution in [0.15, 0.2) is 10.8 Å². The van der Waals surface area contributed by atoms with E-state index in [9.17, 15) is 9.59 Å². The summed E-state index contributed by atoms with van der Waals surface area (Å²) in [6.07, 6.45) is 0. The van der Waals surface area contributed by atoms with Crippen LogP contribution in [0.5, 0.6) is 0 Å². The molecule has 0 saturated heterocycles. The summed E-state index contributed by atoms with van der Waals surface area (Å²) in [7, 11) is 0. The molecule has 0 aliphatic carbocycles. The van der Waals surface area contributed by atoms with Gasteiger partial charge in [-0.25, -0.2) is 4.79 Å². The molecule has 0 aromatic carbocycles. The molecule has 0 radical (unpaired) electrons. The van der Waals surface area contributed by atoms with Crippen LogP contribution in [0.1, 0.15) is 18.1 Å². The van der Waals surface area contributed by atoms with Crippen molar-refractivity contribution < 1.29 is 14.7 Å². The minimum absolute atomic E-state index is 0.410. The number of carboxylic acids is 1. The SMILES string of the molecule is Cc1cscc1CNC(=O)N[C@H](C)C(=O)O. The van der Waals surface area contributed by atoms with Gasteiger partial charge in [0, 0.05) is 6.54 Å². The van der Waals surface area contributed by atoms with E-state index in [0.29, 0.717) is 6.54 Å². The van der Waals surface area contributed by atoms with E-state index in [1.165, 1.54) is 6.92 Å². The molecule has 1 heterocycles. The van der Waals surface area contributed by atoms with Gasteiger partial charge in [-0.3, -0.25) is 4.79 Å². The number of aliphatic carboxylic acids is 1. The Hall–Kier alpha value is -1.56. The van der Waals surface area contributed by atoms with Gasteiger partial charge in [0.25, 0.3) is 0 Å². The summed E-state index contributed by atoms with van der Waals surface area (Å²) in [5.74, 6) is -1.05. The normalized spacial score (nSPS) is 11.9. The van der Waals surface area contributed by atoms with Gasteiger partial charge in [0.05, 0.1) is 0 Å². The molecule has 3 N–H and O–H groups in total. The second-order valence-corrected chi connectivity index (χ2v) is 4.21. The number of carbonyl (C=O) groups is 2. The van der Waals surface area contributed by atoms with Crippen molar-refractivity contribution in [3.63, 3.8) is 0 Å². The number of hydrogen-bond acceptors (Lipinski definition) is 3. The van der Waals surface area contributed by atoms with E-state index in [1.54, 1.807) is 11.3 Å². The lowest BCUT2D eigenvalue weighted by atomic mass is 10.2. The third-order valence-electron chi connectivity index (χ3n) is 2.12. The number of nitrogens with one attached hydrogen (secondary N) is 2. The molecule has 0 fully saturated rings. The van der Waals surface area contributed by atoms with Gasteiger partial charge in [-0.15, -0.1) is 0 Å². The summed E-state index contributed by atoms with van der Waals surface area (Å²) in [5.41, 5.74) is 2.17. The molecular weight excluding hydrogens is 228 g/mol. The van der Waals surface area contributed by atoms with Crippen LogP contribution in [0.3, 0.4) is 0 Å². The number of amides is 2. The summed E-state index contributed by atoms with van der Waals surface area (Å²) in [6, 6.07) is -1.36. The summed E-state index contributed by atoms with van der Waals surface area (Å²) in [4.78, 5) is 21.8. The maximum Gasteiger partial charge on any atom is 0.325 e. The number of carboxylic acid groups (broad SMARTS) is 1. The van der Waals surface area contributed by atoms with Crippen molar-refractivity contribution in [2.75, 3.05) is 0 Å². The summed E-state index contributed by atoms with van der Waals surface area (Å²) in [6.45, 7) is 3.79. The van der Waals surface area contributed by atoms with Crippen molar-refractivity contribution in [2.45, 2.75) is 26.4 Å². The Labute approximate surface area is 97.5 Å². The molecule has 0 bridgehead atoms. The lowest BCUT2D eigenvalue weighted by Gasteiger charge is -2.10. The molecule has 88 valence electrons. The fraction of sp³-hybridized carbons (Fsp3) is 0.400. The van der Waals surface area contributed by atoms with E-state index in [4.69, 9.17) is 5.11 Å². The number of carbonyl (C=O) groups excluding carboxylic acids is 1. The fourth-order valence-corrected chi connectivity index (χ4v) is 1.91. The zero-order valence-electron chi connectivity index (χ0n) is 9.11. The molecule has 0 saturated carbocycles. The Morgan fingerprint density at radius 3 is 2.69 bits per heavy atom. The highest BCUT2D eigenvalue weighted by Gasteiger charge is 2.13. The summed E-state index contributed by atoms with van der Waals surface area (Å²) < 4.78 is 0. The van der Waals surface area contributed by atoms with Crippen molar-refractivity contribution in [3.8, 4) is 0 Å². The minimum Gasteiger partial charge on any atom is -0.480 e. The van der Waals surface area contributed by atoms with Crippen LogP contribution in [0.25, 0.3) is 0 Å². The van der Waals surface area contributed by atoms with E-state index < -0.39 is 18.0 Å². The first-order chi connectivity index (χ1) is 7.50. The first kappa shape index (κ1) is 12.5. The van der Waals surface area contributed by atoms with Gasteiger partial charge in [-0.05, 0) is 35.7 Å². The average Bonchev–Trinajstić information content (AvgIpc) is 2.61. The van der Waals surface area contributed by atoms with Crippen LogP contribution in [0.2, 0.25) is 0 Å². The molecule has 2 amide bonds. The molecule has 0 aliphatic heterocycles. The molecule has 1 atom stereocenters. The van der Waals surface area contributed by atoms with E-state index in [0.717, 1.165) is 11.1 Å². The second kappa shape index (κ2) is 5.50. The maximum atomic E-state index is 11.3. The number of hydrogen-bond donors (Lipinski definition) is 3. The van der Waals surface area contributed by atoms with E-state index in [2.05, 4.69) is 10.6 Å². The van der Waals surface area contributed by atoms with Crippen LogP contribution < -0.4 is 10.6 Å². The van der Waals surface area contributed by atoms with Crippen molar-refractivity contribution in [3.05, 3.63) is 21.9 Å². The van der Waals surface area contributed by atoms with Gasteiger partial charge in [0.1, 0.15) is 6.04 Å². The van der Waals surface area contributed by atoms with Gasteiger partial charge < -0.3 is 15.7 Å². The first-order valence-corrected chi connectivity index (χ1v) is 5.74. The monoisotopic (exact) mass is 242 g/mol. The predicted molar refractivity (Wildman–Crippen MR) is 61.5 cm³/mol. The highest BCUT2D eigenvalue weighted by atomic mass is 32.1. The Morgan fingerprint density at radius 2 is 2.19 bits per heavy atom. The lowest BCUT2D eigenvalue weighted by molar-refractivity contribution is -0.138. The van der Waals surface area contributed by atoms with Gasteiger partial charge in [0.15, 0.2) is 0 Å². The summed E-state index contributed by atoms with van der Waals surface area (Å²) >= 11 is 1.57. The molecule has 0 unspecified atom stereocenters. The molecule has 5 nitrogen and oxygen atoms in total.